The zero-order valence-electron chi connectivity index (χ0n) is 19.2. The van der Waals surface area contributed by atoms with Gasteiger partial charge in [-0.3, -0.25) is 14.6 Å². The van der Waals surface area contributed by atoms with Gasteiger partial charge in [0.1, 0.15) is 0 Å². The fourth-order valence-corrected chi connectivity index (χ4v) is 4.96. The van der Waals surface area contributed by atoms with Crippen LogP contribution in [-0.4, -0.2) is 47.9 Å². The number of nitrogens with zero attached hydrogens (tertiary/aromatic N) is 2. The molecule has 7 nitrogen and oxygen atoms in total. The topological polar surface area (TPSA) is 90.7 Å². The Bertz CT molecular complexity index is 1050. The van der Waals surface area contributed by atoms with E-state index in [0.717, 1.165) is 49.8 Å². The number of hydrogen-bond acceptors (Lipinski definition) is 5. The second-order valence-corrected chi connectivity index (χ2v) is 9.54. The number of thiophene rings is 1. The van der Waals surface area contributed by atoms with Gasteiger partial charge in [0.2, 0.25) is 5.91 Å². The molecular weight excluding hydrogens is 446 g/mol. The Morgan fingerprint density at radius 3 is 2.03 bits per heavy atom. The van der Waals surface area contributed by atoms with Gasteiger partial charge in [-0.1, -0.05) is 48.5 Å². The van der Waals surface area contributed by atoms with Crippen molar-refractivity contribution in [2.45, 2.75) is 25.6 Å². The molecule has 1 aliphatic rings. The highest BCUT2D eigenvalue weighted by molar-refractivity contribution is 7.10. The molecule has 1 aromatic heterocycles. The smallest absolute Gasteiger partial charge is 0.312 e. The average molecular weight is 478 g/mol. The molecule has 1 unspecified atom stereocenters. The molecule has 8 heteroatoms. The molecule has 0 radical (unpaired) electrons. The second-order valence-electron chi connectivity index (χ2n) is 8.56. The van der Waals surface area contributed by atoms with Crippen LogP contribution in [0.15, 0.2) is 72.1 Å². The summed E-state index contributed by atoms with van der Waals surface area (Å²) in [6.07, 6.45) is 0.123. The number of hydrogen-bond donors (Lipinski definition) is 3. The largest absolute Gasteiger partial charge is 0.352 e. The molecule has 4 rings (SSSR count). The number of nitrogens with two attached hydrogens (primary N) is 1. The number of primary amides is 1. The monoisotopic (exact) mass is 477 g/mol. The van der Waals surface area contributed by atoms with E-state index in [9.17, 15) is 9.59 Å². The molecule has 178 valence electrons. The predicted molar refractivity (Wildman–Crippen MR) is 136 cm³/mol. The summed E-state index contributed by atoms with van der Waals surface area (Å²) in [6, 6.07) is 21.3. The molecule has 1 fully saturated rings. The standard InChI is InChI=1S/C26H31N5O2S/c27-26(33)29-23(24-7-4-16-34-24)17-25(32)28-22-10-8-21(9-11-22)19-31-14-12-30(13-15-31)18-20-5-2-1-3-6-20/h1-11,16,23H,12-15,17-19H2,(H,28,32)(H3,27,29,33). The summed E-state index contributed by atoms with van der Waals surface area (Å²) < 4.78 is 0. The first-order valence-corrected chi connectivity index (χ1v) is 12.4. The highest BCUT2D eigenvalue weighted by Crippen LogP contribution is 2.23. The lowest BCUT2D eigenvalue weighted by Crippen LogP contribution is -2.45. The lowest BCUT2D eigenvalue weighted by atomic mass is 10.1. The molecule has 2 aromatic carbocycles. The molecular formula is C26H31N5O2S. The Hall–Kier alpha value is -3.20. The minimum atomic E-state index is -0.642. The molecule has 0 spiro atoms. The number of nitrogens with one attached hydrogen (secondary N) is 2. The number of benzene rings is 2. The van der Waals surface area contributed by atoms with E-state index in [4.69, 9.17) is 5.73 Å². The van der Waals surface area contributed by atoms with Crippen LogP contribution in [0.25, 0.3) is 0 Å². The summed E-state index contributed by atoms with van der Waals surface area (Å²) in [5, 5.41) is 7.48. The van der Waals surface area contributed by atoms with Gasteiger partial charge in [0.05, 0.1) is 12.5 Å². The van der Waals surface area contributed by atoms with Crippen molar-refractivity contribution in [3.8, 4) is 0 Å². The Labute approximate surface area is 204 Å². The van der Waals surface area contributed by atoms with E-state index < -0.39 is 12.1 Å². The van der Waals surface area contributed by atoms with Crippen LogP contribution in [0.5, 0.6) is 0 Å². The van der Waals surface area contributed by atoms with Crippen LogP contribution < -0.4 is 16.4 Å². The molecule has 1 aliphatic heterocycles. The molecule has 2 heterocycles. The van der Waals surface area contributed by atoms with Gasteiger partial charge in [-0.2, -0.15) is 0 Å². The summed E-state index contributed by atoms with van der Waals surface area (Å²) in [6.45, 7) is 6.12. The zero-order chi connectivity index (χ0) is 23.8. The van der Waals surface area contributed by atoms with Gasteiger partial charge in [0.15, 0.2) is 0 Å². The quantitative estimate of drug-likeness (QED) is 0.437. The van der Waals surface area contributed by atoms with Crippen LogP contribution in [-0.2, 0) is 17.9 Å². The summed E-state index contributed by atoms with van der Waals surface area (Å²) in [5.74, 6) is -0.172. The Morgan fingerprint density at radius 2 is 1.47 bits per heavy atom. The summed E-state index contributed by atoms with van der Waals surface area (Å²) >= 11 is 1.48. The van der Waals surface area contributed by atoms with Crippen molar-refractivity contribution in [1.82, 2.24) is 15.1 Å². The molecule has 0 saturated carbocycles. The fraction of sp³-hybridized carbons (Fsp3) is 0.308. The summed E-state index contributed by atoms with van der Waals surface area (Å²) in [7, 11) is 0. The molecule has 0 aliphatic carbocycles. The van der Waals surface area contributed by atoms with E-state index >= 15 is 0 Å². The van der Waals surface area contributed by atoms with Crippen LogP contribution >= 0.6 is 11.3 Å². The highest BCUT2D eigenvalue weighted by Gasteiger charge is 2.19. The maximum Gasteiger partial charge on any atom is 0.312 e. The minimum Gasteiger partial charge on any atom is -0.352 e. The van der Waals surface area contributed by atoms with Crippen molar-refractivity contribution in [2.24, 2.45) is 5.73 Å². The SMILES string of the molecule is NC(=O)NC(CC(=O)Nc1ccc(CN2CCN(Cc3ccccc3)CC2)cc1)c1cccs1. The number of urea groups is 1. The maximum absolute atomic E-state index is 12.6. The second kappa shape index (κ2) is 11.8. The van der Waals surface area contributed by atoms with Crippen molar-refractivity contribution in [2.75, 3.05) is 31.5 Å². The van der Waals surface area contributed by atoms with Crippen LogP contribution in [0.2, 0.25) is 0 Å². The summed E-state index contributed by atoms with van der Waals surface area (Å²) in [4.78, 5) is 29.7. The van der Waals surface area contributed by atoms with E-state index in [1.165, 1.54) is 22.5 Å². The van der Waals surface area contributed by atoms with Crippen molar-refractivity contribution in [1.29, 1.82) is 0 Å². The molecule has 0 bridgehead atoms. The molecule has 1 atom stereocenters. The lowest BCUT2D eigenvalue weighted by Gasteiger charge is -2.34. The first-order valence-electron chi connectivity index (χ1n) is 11.5. The van der Waals surface area contributed by atoms with Crippen LogP contribution in [0.1, 0.15) is 28.5 Å². The van der Waals surface area contributed by atoms with Gasteiger partial charge >= 0.3 is 6.03 Å². The van der Waals surface area contributed by atoms with Crippen LogP contribution in [0, 0.1) is 0 Å². The third kappa shape index (κ3) is 7.15. The number of piperazine rings is 1. The highest BCUT2D eigenvalue weighted by atomic mass is 32.1. The first kappa shape index (κ1) is 23.9. The van der Waals surface area contributed by atoms with Crippen molar-refractivity contribution in [3.05, 3.63) is 88.1 Å². The molecule has 3 amide bonds. The third-order valence-electron chi connectivity index (χ3n) is 5.95. The Balaban J connectivity index is 1.23. The van der Waals surface area contributed by atoms with Crippen LogP contribution in [0.4, 0.5) is 10.5 Å². The predicted octanol–water partition coefficient (Wildman–Crippen LogP) is 3.80. The molecule has 34 heavy (non-hydrogen) atoms. The molecule has 1 saturated heterocycles. The third-order valence-corrected chi connectivity index (χ3v) is 6.94. The number of carbonyl (C=O) groups excluding carboxylic acids is 2. The molecule has 4 N–H and O–H groups in total. The van der Waals surface area contributed by atoms with Crippen molar-refractivity contribution < 1.29 is 9.59 Å². The molecule has 3 aromatic rings. The van der Waals surface area contributed by atoms with Gasteiger partial charge in [-0.15, -0.1) is 11.3 Å². The van der Waals surface area contributed by atoms with E-state index in [2.05, 4.69) is 62.9 Å². The minimum absolute atomic E-state index is 0.123. The van der Waals surface area contributed by atoms with Gasteiger partial charge in [0.25, 0.3) is 0 Å². The van der Waals surface area contributed by atoms with E-state index in [1.807, 2.05) is 29.6 Å². The normalized spacial score (nSPS) is 15.5. The first-order chi connectivity index (χ1) is 16.5. The zero-order valence-corrected chi connectivity index (χ0v) is 20.0. The fourth-order valence-electron chi connectivity index (χ4n) is 4.18. The van der Waals surface area contributed by atoms with E-state index in [0.29, 0.717) is 0 Å². The van der Waals surface area contributed by atoms with Gasteiger partial charge in [0, 0.05) is 49.8 Å². The Kier molecular flexibility index (Phi) is 8.30. The maximum atomic E-state index is 12.6. The van der Waals surface area contributed by atoms with Gasteiger partial charge < -0.3 is 16.4 Å². The van der Waals surface area contributed by atoms with E-state index in [-0.39, 0.29) is 12.3 Å². The number of rotatable bonds is 9. The average Bonchev–Trinajstić information content (AvgIpc) is 3.37. The number of carbonyl (C=O) groups is 2. The number of amides is 3. The number of anilines is 1. The van der Waals surface area contributed by atoms with E-state index in [1.54, 1.807) is 0 Å². The summed E-state index contributed by atoms with van der Waals surface area (Å²) in [5.41, 5.74) is 8.61. The van der Waals surface area contributed by atoms with Gasteiger partial charge in [-0.25, -0.2) is 4.79 Å². The van der Waals surface area contributed by atoms with Crippen molar-refractivity contribution >= 4 is 29.0 Å². The van der Waals surface area contributed by atoms with Crippen LogP contribution in [0.3, 0.4) is 0 Å². The Morgan fingerprint density at radius 1 is 0.853 bits per heavy atom. The lowest BCUT2D eigenvalue weighted by molar-refractivity contribution is -0.116. The van der Waals surface area contributed by atoms with Crippen molar-refractivity contribution in [3.63, 3.8) is 0 Å². The van der Waals surface area contributed by atoms with Gasteiger partial charge in [-0.05, 0) is 34.7 Å².